The van der Waals surface area contributed by atoms with E-state index in [0.717, 1.165) is 38.3 Å². The third-order valence-corrected chi connectivity index (χ3v) is 5.63. The van der Waals surface area contributed by atoms with Crippen LogP contribution in [0.25, 0.3) is 0 Å². The number of nitrogens with zero attached hydrogens (tertiary/aromatic N) is 1. The Morgan fingerprint density at radius 1 is 1.03 bits per heavy atom. The van der Waals surface area contributed by atoms with E-state index in [9.17, 15) is 4.79 Å². The summed E-state index contributed by atoms with van der Waals surface area (Å²) in [5.74, 6) is 0.792. The number of piperidine rings is 1. The van der Waals surface area contributed by atoms with E-state index >= 15 is 0 Å². The van der Waals surface area contributed by atoms with Gasteiger partial charge in [-0.3, -0.25) is 9.69 Å². The Morgan fingerprint density at radius 3 is 2.38 bits per heavy atom. The van der Waals surface area contributed by atoms with Gasteiger partial charge in [-0.05, 0) is 69.1 Å². The van der Waals surface area contributed by atoms with Crippen LogP contribution in [0.2, 0.25) is 0 Å². The molecule has 156 valence electrons. The third kappa shape index (κ3) is 6.33. The lowest BCUT2D eigenvalue weighted by atomic mass is 10.0. The minimum absolute atomic E-state index is 0.0285. The molecule has 0 radical (unpaired) electrons. The molecular formula is C25H34N2O2. The van der Waals surface area contributed by atoms with E-state index in [0.29, 0.717) is 12.1 Å². The standard InChI is InChI=1S/C25H34N2O2/c1-3-4-18-29-23-14-12-22(13-15-23)25(28)26-19-24(27-16-6-5-7-17-27)21-10-8-20(2)9-11-21/h8-15,24H,3-7,16-19H2,1-2H3,(H,26,28)/t24-/m0/s1. The van der Waals surface area contributed by atoms with E-state index in [1.54, 1.807) is 0 Å². The number of likely N-dealkylation sites (tertiary alicyclic amines) is 1. The molecule has 3 rings (SSSR count). The van der Waals surface area contributed by atoms with Gasteiger partial charge in [0.1, 0.15) is 5.75 Å². The van der Waals surface area contributed by atoms with Crippen molar-refractivity contribution < 1.29 is 9.53 Å². The minimum atomic E-state index is -0.0285. The molecule has 2 aromatic carbocycles. The molecule has 2 aromatic rings. The molecule has 4 heteroatoms. The Morgan fingerprint density at radius 2 is 1.72 bits per heavy atom. The summed E-state index contributed by atoms with van der Waals surface area (Å²) in [6.45, 7) is 7.78. The van der Waals surface area contributed by atoms with Crippen molar-refractivity contribution in [2.24, 2.45) is 0 Å². The summed E-state index contributed by atoms with van der Waals surface area (Å²) in [4.78, 5) is 15.2. The van der Waals surface area contributed by atoms with Crippen LogP contribution in [0.5, 0.6) is 5.75 Å². The first-order valence-electron chi connectivity index (χ1n) is 11.0. The topological polar surface area (TPSA) is 41.6 Å². The van der Waals surface area contributed by atoms with Crippen molar-refractivity contribution in [3.63, 3.8) is 0 Å². The summed E-state index contributed by atoms with van der Waals surface area (Å²) in [6, 6.07) is 16.4. The van der Waals surface area contributed by atoms with Crippen molar-refractivity contribution in [1.82, 2.24) is 10.2 Å². The van der Waals surface area contributed by atoms with Crippen LogP contribution in [-0.4, -0.2) is 37.0 Å². The number of carbonyl (C=O) groups is 1. The molecule has 0 unspecified atom stereocenters. The summed E-state index contributed by atoms with van der Waals surface area (Å²) in [6.07, 6.45) is 5.92. The highest BCUT2D eigenvalue weighted by Gasteiger charge is 2.23. The Labute approximate surface area is 175 Å². The lowest BCUT2D eigenvalue weighted by Gasteiger charge is -2.35. The highest BCUT2D eigenvalue weighted by Crippen LogP contribution is 2.24. The van der Waals surface area contributed by atoms with E-state index in [2.05, 4.69) is 48.3 Å². The van der Waals surface area contributed by atoms with Gasteiger partial charge in [-0.25, -0.2) is 0 Å². The fraction of sp³-hybridized carbons (Fsp3) is 0.480. The molecule has 29 heavy (non-hydrogen) atoms. The lowest BCUT2D eigenvalue weighted by molar-refractivity contribution is 0.0924. The predicted octanol–water partition coefficient (Wildman–Crippen LogP) is 5.13. The van der Waals surface area contributed by atoms with Gasteiger partial charge in [0.2, 0.25) is 0 Å². The molecule has 0 aliphatic carbocycles. The van der Waals surface area contributed by atoms with Gasteiger partial charge in [0, 0.05) is 12.1 Å². The second kappa shape index (κ2) is 11.0. The molecule has 0 saturated carbocycles. The zero-order valence-electron chi connectivity index (χ0n) is 17.8. The van der Waals surface area contributed by atoms with Crippen LogP contribution in [0.3, 0.4) is 0 Å². The Kier molecular flexibility index (Phi) is 8.12. The van der Waals surface area contributed by atoms with Gasteiger partial charge in [0.15, 0.2) is 0 Å². The summed E-state index contributed by atoms with van der Waals surface area (Å²) in [5, 5.41) is 3.16. The first-order valence-corrected chi connectivity index (χ1v) is 11.0. The van der Waals surface area contributed by atoms with E-state index in [1.165, 1.54) is 30.4 Å². The highest BCUT2D eigenvalue weighted by molar-refractivity contribution is 5.94. The fourth-order valence-electron chi connectivity index (χ4n) is 3.80. The van der Waals surface area contributed by atoms with Crippen LogP contribution in [0, 0.1) is 6.92 Å². The molecule has 1 aliphatic rings. The first kappa shape index (κ1) is 21.4. The van der Waals surface area contributed by atoms with Crippen molar-refractivity contribution in [3.05, 3.63) is 65.2 Å². The number of aryl methyl sites for hydroxylation is 1. The smallest absolute Gasteiger partial charge is 0.251 e. The molecule has 0 bridgehead atoms. The zero-order chi connectivity index (χ0) is 20.5. The van der Waals surface area contributed by atoms with Gasteiger partial charge < -0.3 is 10.1 Å². The van der Waals surface area contributed by atoms with Crippen molar-refractivity contribution in [1.29, 1.82) is 0 Å². The van der Waals surface area contributed by atoms with Gasteiger partial charge >= 0.3 is 0 Å². The number of ether oxygens (including phenoxy) is 1. The average Bonchev–Trinajstić information content (AvgIpc) is 2.76. The summed E-state index contributed by atoms with van der Waals surface area (Å²) in [5.41, 5.74) is 3.21. The summed E-state index contributed by atoms with van der Waals surface area (Å²) < 4.78 is 5.69. The lowest BCUT2D eigenvalue weighted by Crippen LogP contribution is -2.40. The molecule has 1 aliphatic heterocycles. The van der Waals surface area contributed by atoms with E-state index in [1.807, 2.05) is 24.3 Å². The second-order valence-electron chi connectivity index (χ2n) is 7.96. The molecule has 1 fully saturated rings. The maximum Gasteiger partial charge on any atom is 0.251 e. The van der Waals surface area contributed by atoms with Crippen molar-refractivity contribution >= 4 is 5.91 Å². The number of nitrogens with one attached hydrogen (secondary N) is 1. The van der Waals surface area contributed by atoms with Crippen LogP contribution in [0.4, 0.5) is 0 Å². The molecule has 1 N–H and O–H groups in total. The Balaban J connectivity index is 1.62. The minimum Gasteiger partial charge on any atom is -0.494 e. The second-order valence-corrected chi connectivity index (χ2v) is 7.96. The van der Waals surface area contributed by atoms with Crippen LogP contribution in [0.1, 0.15) is 66.6 Å². The van der Waals surface area contributed by atoms with Gasteiger partial charge in [-0.2, -0.15) is 0 Å². The Bertz CT molecular complexity index is 749. The van der Waals surface area contributed by atoms with Crippen LogP contribution >= 0.6 is 0 Å². The van der Waals surface area contributed by atoms with Crippen molar-refractivity contribution in [3.8, 4) is 5.75 Å². The van der Waals surface area contributed by atoms with Crippen LogP contribution < -0.4 is 10.1 Å². The molecule has 0 spiro atoms. The number of carbonyl (C=O) groups excluding carboxylic acids is 1. The van der Waals surface area contributed by atoms with E-state index in [-0.39, 0.29) is 11.9 Å². The number of hydrogen-bond donors (Lipinski definition) is 1. The van der Waals surface area contributed by atoms with E-state index < -0.39 is 0 Å². The zero-order valence-corrected chi connectivity index (χ0v) is 17.8. The molecule has 1 amide bonds. The van der Waals surface area contributed by atoms with Gasteiger partial charge in [0.05, 0.1) is 12.6 Å². The molecule has 1 atom stereocenters. The molecule has 4 nitrogen and oxygen atoms in total. The maximum atomic E-state index is 12.7. The molecule has 1 heterocycles. The van der Waals surface area contributed by atoms with Crippen LogP contribution in [0.15, 0.2) is 48.5 Å². The quantitative estimate of drug-likeness (QED) is 0.600. The third-order valence-electron chi connectivity index (χ3n) is 5.63. The number of benzene rings is 2. The fourth-order valence-corrected chi connectivity index (χ4v) is 3.80. The Hall–Kier alpha value is -2.33. The van der Waals surface area contributed by atoms with Gasteiger partial charge in [-0.1, -0.05) is 49.6 Å². The molecule has 0 aromatic heterocycles. The summed E-state index contributed by atoms with van der Waals surface area (Å²) in [7, 11) is 0. The van der Waals surface area contributed by atoms with Crippen molar-refractivity contribution in [2.45, 2.75) is 52.0 Å². The SMILES string of the molecule is CCCCOc1ccc(C(=O)NC[C@@H](c2ccc(C)cc2)N2CCCCC2)cc1. The van der Waals surface area contributed by atoms with Gasteiger partial charge in [-0.15, -0.1) is 0 Å². The van der Waals surface area contributed by atoms with Gasteiger partial charge in [0.25, 0.3) is 5.91 Å². The monoisotopic (exact) mass is 394 g/mol. The highest BCUT2D eigenvalue weighted by atomic mass is 16.5. The number of amides is 1. The average molecular weight is 395 g/mol. The largest absolute Gasteiger partial charge is 0.494 e. The number of unbranched alkanes of at least 4 members (excludes halogenated alkanes) is 1. The number of rotatable bonds is 9. The predicted molar refractivity (Wildman–Crippen MR) is 119 cm³/mol. The maximum absolute atomic E-state index is 12.7. The molecule has 1 saturated heterocycles. The number of hydrogen-bond acceptors (Lipinski definition) is 3. The molecular weight excluding hydrogens is 360 g/mol. The van der Waals surface area contributed by atoms with Crippen LogP contribution in [-0.2, 0) is 0 Å². The normalized spacial score (nSPS) is 15.7. The van der Waals surface area contributed by atoms with Crippen molar-refractivity contribution in [2.75, 3.05) is 26.2 Å². The first-order chi connectivity index (χ1) is 14.2. The summed E-state index contributed by atoms with van der Waals surface area (Å²) >= 11 is 0. The van der Waals surface area contributed by atoms with E-state index in [4.69, 9.17) is 4.74 Å².